The summed E-state index contributed by atoms with van der Waals surface area (Å²) < 4.78 is 7.18. The number of hydrogen-bond acceptors (Lipinski definition) is 0. The number of fused-ring (bicyclic) bond motifs is 6. The number of allylic oxidation sites excluding steroid dienone is 2. The molecule has 0 N–H and O–H groups in total. The molecule has 4 aromatic rings. The third-order valence-electron chi connectivity index (χ3n) is 14.1. The van der Waals surface area contributed by atoms with E-state index < -0.39 is 28.0 Å². The molecule has 2 atom stereocenters. The Morgan fingerprint density at radius 2 is 0.854 bits per heavy atom. The van der Waals surface area contributed by atoms with Crippen LogP contribution < -0.4 is 0 Å². The monoisotopic (exact) mass is 812 g/mol. The van der Waals surface area contributed by atoms with Crippen molar-refractivity contribution in [3.63, 3.8) is 0 Å². The zero-order chi connectivity index (χ0) is 32.9. The minimum absolute atomic E-state index is 0.710. The number of hydrogen-bond donors (Lipinski definition) is 0. The van der Waals surface area contributed by atoms with Crippen LogP contribution in [0.25, 0.3) is 34.4 Å². The van der Waals surface area contributed by atoms with Gasteiger partial charge in [0.25, 0.3) is 0 Å². The van der Waals surface area contributed by atoms with E-state index in [9.17, 15) is 0 Å². The van der Waals surface area contributed by atoms with Crippen LogP contribution >= 0.6 is 0 Å². The summed E-state index contributed by atoms with van der Waals surface area (Å²) in [5.74, 6) is 0. The van der Waals surface area contributed by atoms with Crippen LogP contribution in [0.3, 0.4) is 0 Å². The van der Waals surface area contributed by atoms with Crippen LogP contribution in [0.1, 0.15) is 103 Å². The van der Waals surface area contributed by atoms with Crippen molar-refractivity contribution in [2.45, 2.75) is 107 Å². The molecule has 1 aliphatic heterocycles. The van der Waals surface area contributed by atoms with Crippen molar-refractivity contribution in [1.29, 1.82) is 0 Å². The Labute approximate surface area is 295 Å². The van der Waals surface area contributed by atoms with Crippen molar-refractivity contribution in [2.75, 3.05) is 0 Å². The van der Waals surface area contributed by atoms with Crippen LogP contribution in [0, 0.1) is 27.7 Å². The maximum atomic E-state index is 2.91. The van der Waals surface area contributed by atoms with Gasteiger partial charge in [-0.1, -0.05) is 0 Å². The van der Waals surface area contributed by atoms with Crippen molar-refractivity contribution >= 4 is 20.2 Å². The van der Waals surface area contributed by atoms with Crippen LogP contribution in [-0.4, -0.2) is 8.07 Å². The summed E-state index contributed by atoms with van der Waals surface area (Å²) in [7, 11) is -2.09. The number of rotatable bonds is 4. The zero-order valence-electron chi connectivity index (χ0n) is 30.0. The molecule has 0 nitrogen and oxygen atoms in total. The molecule has 2 unspecified atom stereocenters. The van der Waals surface area contributed by atoms with E-state index in [1.165, 1.54) is 95.9 Å². The fourth-order valence-corrected chi connectivity index (χ4v) is 46.3. The average Bonchev–Trinajstić information content (AvgIpc) is 3.88. The molecule has 2 saturated carbocycles. The fourth-order valence-electron chi connectivity index (χ4n) is 12.4. The van der Waals surface area contributed by atoms with Gasteiger partial charge in [0, 0.05) is 0 Å². The predicted octanol–water partition coefficient (Wildman–Crippen LogP) is 13.5. The zero-order valence-corrected chi connectivity index (χ0v) is 34.6. The molecule has 4 aromatic carbocycles. The summed E-state index contributed by atoms with van der Waals surface area (Å²) in [4.78, 5) is 0. The molecule has 244 valence electrons. The van der Waals surface area contributed by atoms with Crippen LogP contribution in [0.15, 0.2) is 83.2 Å². The molecule has 0 radical (unpaired) electrons. The predicted molar refractivity (Wildman–Crippen MR) is 206 cm³/mol. The summed E-state index contributed by atoms with van der Waals surface area (Å²) in [5, 5.41) is 4.07. The molecule has 48 heavy (non-hydrogen) atoms. The first-order chi connectivity index (χ1) is 23.2. The topological polar surface area (TPSA) is 0 Å². The first-order valence-electron chi connectivity index (χ1n) is 19.1. The van der Waals surface area contributed by atoms with E-state index in [1.807, 2.05) is 10.4 Å². The molecule has 3 fully saturated rings. The van der Waals surface area contributed by atoms with E-state index in [4.69, 9.17) is 0 Å². The van der Waals surface area contributed by atoms with Gasteiger partial charge in [-0.3, -0.25) is 0 Å². The Kier molecular flexibility index (Phi) is 7.52. The molecule has 2 heteroatoms. The van der Waals surface area contributed by atoms with Crippen molar-refractivity contribution in [2.24, 2.45) is 0 Å². The molecule has 0 aromatic heterocycles. The molecule has 0 spiro atoms. The molecule has 1 saturated heterocycles. The van der Waals surface area contributed by atoms with Gasteiger partial charge < -0.3 is 0 Å². The van der Waals surface area contributed by atoms with Crippen LogP contribution in [0.4, 0.5) is 0 Å². The second-order valence-corrected chi connectivity index (χ2v) is 38.6. The SMILES string of the molecule is Cc1cccc(C)c1-c1cccc2c1C=C1[CH]2[Hf]([CH3])([CH3])[CH]2C(=Cc3c(-c4c(C)cccc4C)cccc32)[Si]1(C1CCCC1)C1CCCC1. The number of benzene rings is 4. The number of aryl methyl sites for hydroxylation is 4. The van der Waals surface area contributed by atoms with Gasteiger partial charge in [0.1, 0.15) is 0 Å². The molecular weight excluding hydrogens is 759 g/mol. The summed E-state index contributed by atoms with van der Waals surface area (Å²) in [6.07, 6.45) is 17.5. The average molecular weight is 811 g/mol. The Bertz CT molecular complexity index is 1840. The van der Waals surface area contributed by atoms with Gasteiger partial charge in [-0.2, -0.15) is 0 Å². The van der Waals surface area contributed by atoms with Crippen LogP contribution in [-0.2, 0) is 20.0 Å². The Morgan fingerprint density at radius 1 is 0.500 bits per heavy atom. The van der Waals surface area contributed by atoms with Gasteiger partial charge in [0.15, 0.2) is 0 Å². The third-order valence-corrected chi connectivity index (χ3v) is 37.8. The second kappa shape index (κ2) is 11.5. The molecular formula is C46H52HfSi. The maximum absolute atomic E-state index is 3.17. The third kappa shape index (κ3) is 4.27. The first kappa shape index (κ1) is 31.4. The van der Waals surface area contributed by atoms with Crippen LogP contribution in [0.5, 0.6) is 0 Å². The van der Waals surface area contributed by atoms with E-state index in [1.54, 1.807) is 22.3 Å². The van der Waals surface area contributed by atoms with E-state index in [0.717, 1.165) is 11.1 Å². The first-order valence-corrected chi connectivity index (χ1v) is 32.6. The van der Waals surface area contributed by atoms with Gasteiger partial charge in [-0.15, -0.1) is 0 Å². The summed E-state index contributed by atoms with van der Waals surface area (Å²) in [6.45, 7) is 9.32. The van der Waals surface area contributed by atoms with Gasteiger partial charge in [-0.05, 0) is 0 Å². The Hall–Kier alpha value is -2.55. The van der Waals surface area contributed by atoms with E-state index in [2.05, 4.69) is 122 Å². The normalized spacial score (nSPS) is 23.8. The Balaban J connectivity index is 1.36. The van der Waals surface area contributed by atoms with Crippen LogP contribution in [0.2, 0.25) is 20.4 Å². The molecule has 0 bridgehead atoms. The quantitative estimate of drug-likeness (QED) is 0.180. The molecule has 9 rings (SSSR count). The molecule has 1 heterocycles. The summed E-state index contributed by atoms with van der Waals surface area (Å²) >= 11 is -3.17. The van der Waals surface area contributed by atoms with E-state index in [0.29, 0.717) is 7.35 Å². The van der Waals surface area contributed by atoms with Gasteiger partial charge in [-0.25, -0.2) is 0 Å². The van der Waals surface area contributed by atoms with E-state index in [-0.39, 0.29) is 0 Å². The minimum atomic E-state index is -3.17. The van der Waals surface area contributed by atoms with Crippen molar-refractivity contribution in [3.8, 4) is 22.3 Å². The summed E-state index contributed by atoms with van der Waals surface area (Å²) in [6, 6.07) is 28.8. The van der Waals surface area contributed by atoms with Gasteiger partial charge in [0.2, 0.25) is 0 Å². The van der Waals surface area contributed by atoms with Crippen molar-refractivity contribution in [1.82, 2.24) is 0 Å². The fraction of sp³-hybridized carbons (Fsp3) is 0.391. The second-order valence-electron chi connectivity index (χ2n) is 16.9. The van der Waals surface area contributed by atoms with Gasteiger partial charge >= 0.3 is 297 Å². The molecule has 4 aliphatic carbocycles. The molecule has 5 aliphatic rings. The molecule has 0 amide bonds. The Morgan fingerprint density at radius 3 is 1.23 bits per heavy atom. The van der Waals surface area contributed by atoms with Crippen molar-refractivity contribution < 1.29 is 20.0 Å². The van der Waals surface area contributed by atoms with Gasteiger partial charge in [0.05, 0.1) is 0 Å². The summed E-state index contributed by atoms with van der Waals surface area (Å²) in [5.41, 5.74) is 20.1. The standard InChI is InChI=1S/C44H46Si.2CH3.Hf/c1-29-13-9-14-30(2)43(29)39-23-11-17-33-25-37(27-41(33)39)45(35-19-5-6-20-35,36-21-7-8-22-36)38-26-34-18-12-24-40(42(34)28-38)44-31(3)15-10-16-32(44)4;;;/h9-18,23-28,35-36H,5-8,19-22H2,1-4H3;2*1H3;. The van der Waals surface area contributed by atoms with Crippen molar-refractivity contribution in [3.05, 3.63) is 128 Å². The van der Waals surface area contributed by atoms with E-state index >= 15 is 0 Å².